The molecule has 0 aliphatic heterocycles. The molecular formula is C14H22O5S2. The Hall–Kier alpha value is -0.920. The molecule has 0 bridgehead atoms. The summed E-state index contributed by atoms with van der Waals surface area (Å²) in [6.45, 7) is 5.55. The lowest BCUT2D eigenvalue weighted by Crippen LogP contribution is -2.28. The van der Waals surface area contributed by atoms with Gasteiger partial charge in [-0.25, -0.2) is 16.8 Å². The number of hydrogen-bond acceptors (Lipinski definition) is 5. The number of hydrogen-bond donors (Lipinski definition) is 1. The molecule has 1 N–H and O–H groups in total. The SMILES string of the molecule is CC(C)(C)C(O)Cc1ccc(S(C)(=O)=O)cc1S(C)(=O)=O. The molecule has 1 rings (SSSR count). The van der Waals surface area contributed by atoms with Gasteiger partial charge < -0.3 is 5.11 Å². The van der Waals surface area contributed by atoms with E-state index in [2.05, 4.69) is 0 Å². The maximum atomic E-state index is 11.9. The number of benzene rings is 1. The van der Waals surface area contributed by atoms with Crippen molar-refractivity contribution in [1.82, 2.24) is 0 Å². The summed E-state index contributed by atoms with van der Waals surface area (Å²) < 4.78 is 46.9. The fraction of sp³-hybridized carbons (Fsp3) is 0.571. The lowest BCUT2D eigenvalue weighted by atomic mass is 9.85. The molecule has 0 fully saturated rings. The van der Waals surface area contributed by atoms with E-state index in [1.807, 2.05) is 20.8 Å². The molecule has 21 heavy (non-hydrogen) atoms. The maximum Gasteiger partial charge on any atom is 0.175 e. The monoisotopic (exact) mass is 334 g/mol. The van der Waals surface area contributed by atoms with Crippen molar-refractivity contribution in [3.8, 4) is 0 Å². The van der Waals surface area contributed by atoms with E-state index in [0.29, 0.717) is 5.56 Å². The number of aliphatic hydroxyl groups is 1. The van der Waals surface area contributed by atoms with E-state index in [0.717, 1.165) is 18.6 Å². The Morgan fingerprint density at radius 3 is 1.95 bits per heavy atom. The molecular weight excluding hydrogens is 312 g/mol. The van der Waals surface area contributed by atoms with Gasteiger partial charge in [-0.1, -0.05) is 26.8 Å². The van der Waals surface area contributed by atoms with E-state index in [1.54, 1.807) is 0 Å². The molecule has 0 radical (unpaired) electrons. The van der Waals surface area contributed by atoms with Gasteiger partial charge in [-0.2, -0.15) is 0 Å². The van der Waals surface area contributed by atoms with Crippen LogP contribution in [-0.2, 0) is 26.1 Å². The van der Waals surface area contributed by atoms with Crippen LogP contribution in [0.3, 0.4) is 0 Å². The van der Waals surface area contributed by atoms with E-state index in [4.69, 9.17) is 0 Å². The molecule has 1 atom stereocenters. The van der Waals surface area contributed by atoms with Crippen LogP contribution in [0.15, 0.2) is 28.0 Å². The Morgan fingerprint density at radius 2 is 1.57 bits per heavy atom. The largest absolute Gasteiger partial charge is 0.392 e. The van der Waals surface area contributed by atoms with Crippen LogP contribution < -0.4 is 0 Å². The van der Waals surface area contributed by atoms with E-state index < -0.39 is 31.2 Å². The highest BCUT2D eigenvalue weighted by atomic mass is 32.2. The summed E-state index contributed by atoms with van der Waals surface area (Å²) >= 11 is 0. The Kier molecular flexibility index (Phi) is 4.92. The zero-order valence-electron chi connectivity index (χ0n) is 12.9. The smallest absolute Gasteiger partial charge is 0.175 e. The van der Waals surface area contributed by atoms with Crippen LogP contribution >= 0.6 is 0 Å². The third kappa shape index (κ3) is 4.79. The molecule has 5 nitrogen and oxygen atoms in total. The summed E-state index contributed by atoms with van der Waals surface area (Å²) in [6, 6.07) is 3.99. The maximum absolute atomic E-state index is 11.9. The minimum Gasteiger partial charge on any atom is -0.392 e. The Labute approximate surface area is 126 Å². The molecule has 0 aliphatic rings. The lowest BCUT2D eigenvalue weighted by Gasteiger charge is -2.26. The number of aliphatic hydroxyl groups excluding tert-OH is 1. The van der Waals surface area contributed by atoms with Crippen molar-refractivity contribution in [1.29, 1.82) is 0 Å². The van der Waals surface area contributed by atoms with Gasteiger partial charge in [0.25, 0.3) is 0 Å². The summed E-state index contributed by atoms with van der Waals surface area (Å²) in [4.78, 5) is -0.0920. The first-order valence-electron chi connectivity index (χ1n) is 6.44. The van der Waals surface area contributed by atoms with Crippen LogP contribution in [0.25, 0.3) is 0 Å². The summed E-state index contributed by atoms with van der Waals surface area (Å²) in [7, 11) is -7.07. The average molecular weight is 334 g/mol. The van der Waals surface area contributed by atoms with Gasteiger partial charge in [0.2, 0.25) is 0 Å². The summed E-state index contributed by atoms with van der Waals surface area (Å²) in [5, 5.41) is 10.1. The standard InChI is InChI=1S/C14H22O5S2/c1-14(2,3)13(15)8-10-6-7-11(20(4,16)17)9-12(10)21(5,18)19/h6-7,9,13,15H,8H2,1-5H3. The molecule has 0 aromatic heterocycles. The molecule has 0 saturated heterocycles. The molecule has 1 aromatic carbocycles. The molecule has 1 aromatic rings. The second kappa shape index (κ2) is 5.70. The second-order valence-corrected chi connectivity index (χ2v) is 10.4. The Bertz CT molecular complexity index is 725. The quantitative estimate of drug-likeness (QED) is 0.900. The topological polar surface area (TPSA) is 88.5 Å². The summed E-state index contributed by atoms with van der Waals surface area (Å²) in [5.41, 5.74) is 0.0249. The van der Waals surface area contributed by atoms with Gasteiger partial charge in [0.15, 0.2) is 19.7 Å². The van der Waals surface area contributed by atoms with Crippen LogP contribution in [0.2, 0.25) is 0 Å². The summed E-state index contributed by atoms with van der Waals surface area (Å²) in [6.07, 6.45) is 1.47. The fourth-order valence-electron chi connectivity index (χ4n) is 1.79. The molecule has 7 heteroatoms. The number of rotatable bonds is 4. The second-order valence-electron chi connectivity index (χ2n) is 6.40. The highest BCUT2D eigenvalue weighted by Crippen LogP contribution is 2.27. The minimum absolute atomic E-state index is 0.0445. The molecule has 0 saturated carbocycles. The first-order chi connectivity index (χ1) is 9.23. The van der Waals surface area contributed by atoms with Gasteiger partial charge >= 0.3 is 0 Å². The first-order valence-corrected chi connectivity index (χ1v) is 10.2. The minimum atomic E-state index is -3.58. The van der Waals surface area contributed by atoms with Gasteiger partial charge in [0.05, 0.1) is 15.9 Å². The van der Waals surface area contributed by atoms with Crippen LogP contribution in [0.4, 0.5) is 0 Å². The number of sulfone groups is 2. The van der Waals surface area contributed by atoms with Crippen molar-refractivity contribution < 1.29 is 21.9 Å². The van der Waals surface area contributed by atoms with Gasteiger partial charge in [0, 0.05) is 18.9 Å². The highest BCUT2D eigenvalue weighted by Gasteiger charge is 2.25. The van der Waals surface area contributed by atoms with Gasteiger partial charge in [0.1, 0.15) is 0 Å². The van der Waals surface area contributed by atoms with Crippen LogP contribution in [0, 0.1) is 5.41 Å². The van der Waals surface area contributed by atoms with Crippen molar-refractivity contribution >= 4 is 19.7 Å². The van der Waals surface area contributed by atoms with E-state index in [1.165, 1.54) is 12.1 Å². The predicted molar refractivity (Wildman–Crippen MR) is 81.8 cm³/mol. The molecule has 1 unspecified atom stereocenters. The third-order valence-corrected chi connectivity index (χ3v) is 5.57. The van der Waals surface area contributed by atoms with Crippen molar-refractivity contribution in [2.24, 2.45) is 5.41 Å². The zero-order chi connectivity index (χ0) is 16.6. The molecule has 0 heterocycles. The molecule has 120 valence electrons. The molecule has 0 aliphatic carbocycles. The van der Waals surface area contributed by atoms with E-state index in [-0.39, 0.29) is 16.2 Å². The molecule has 0 amide bonds. The fourth-order valence-corrected chi connectivity index (χ4v) is 3.48. The zero-order valence-corrected chi connectivity index (χ0v) is 14.5. The predicted octanol–water partition coefficient (Wildman–Crippen LogP) is 1.44. The van der Waals surface area contributed by atoms with Crippen molar-refractivity contribution in [3.05, 3.63) is 23.8 Å². The van der Waals surface area contributed by atoms with Crippen molar-refractivity contribution in [3.63, 3.8) is 0 Å². The average Bonchev–Trinajstić information content (AvgIpc) is 2.25. The Morgan fingerprint density at radius 1 is 1.05 bits per heavy atom. The van der Waals surface area contributed by atoms with Crippen LogP contribution in [-0.4, -0.2) is 40.6 Å². The van der Waals surface area contributed by atoms with Crippen LogP contribution in [0.5, 0.6) is 0 Å². The third-order valence-electron chi connectivity index (χ3n) is 3.28. The normalized spacial score (nSPS) is 15.0. The first kappa shape index (κ1) is 18.1. The van der Waals surface area contributed by atoms with E-state index >= 15 is 0 Å². The Balaban J connectivity index is 3.41. The van der Waals surface area contributed by atoms with E-state index in [9.17, 15) is 21.9 Å². The van der Waals surface area contributed by atoms with Crippen molar-refractivity contribution in [2.75, 3.05) is 12.5 Å². The van der Waals surface area contributed by atoms with Gasteiger partial charge in [-0.15, -0.1) is 0 Å². The van der Waals surface area contributed by atoms with Gasteiger partial charge in [-0.05, 0) is 23.1 Å². The summed E-state index contributed by atoms with van der Waals surface area (Å²) in [5.74, 6) is 0. The lowest BCUT2D eigenvalue weighted by molar-refractivity contribution is 0.0631. The van der Waals surface area contributed by atoms with Crippen molar-refractivity contribution in [2.45, 2.75) is 43.1 Å². The highest BCUT2D eigenvalue weighted by molar-refractivity contribution is 7.91. The molecule has 0 spiro atoms. The van der Waals surface area contributed by atoms with Crippen LogP contribution in [0.1, 0.15) is 26.3 Å². The van der Waals surface area contributed by atoms with Gasteiger partial charge in [-0.3, -0.25) is 0 Å².